The summed E-state index contributed by atoms with van der Waals surface area (Å²) in [6, 6.07) is 14.8. The molecule has 1 saturated heterocycles. The largest absolute Gasteiger partial charge is 0.331 e. The van der Waals surface area contributed by atoms with Crippen molar-refractivity contribution < 1.29 is 27.8 Å². The van der Waals surface area contributed by atoms with Crippen LogP contribution in [0.25, 0.3) is 10.8 Å². The van der Waals surface area contributed by atoms with E-state index < -0.39 is 14.9 Å². The molecule has 0 aliphatic carbocycles. The van der Waals surface area contributed by atoms with Crippen LogP contribution in [0.5, 0.6) is 0 Å². The Balaban J connectivity index is 1.24. The number of rotatable bonds is 6. The number of nitro benzene ring substituents is 1. The number of carbonyl (C=O) groups is 2. The van der Waals surface area contributed by atoms with Crippen molar-refractivity contribution in [3.8, 4) is 0 Å². The summed E-state index contributed by atoms with van der Waals surface area (Å²) in [4.78, 5) is 39.1. The molecule has 0 spiro atoms. The van der Waals surface area contributed by atoms with E-state index in [1.807, 2.05) is 12.1 Å². The number of aryl methyl sites for hydroxylation is 1. The molecule has 186 valence electrons. The summed E-state index contributed by atoms with van der Waals surface area (Å²) in [5.41, 5.74) is 1.20. The van der Waals surface area contributed by atoms with Gasteiger partial charge >= 0.3 is 0 Å². The number of sulfonamides is 1. The molecule has 1 N–H and O–H groups in total. The average Bonchev–Trinajstić information content (AvgIpc) is 2.87. The minimum absolute atomic E-state index is 0.0967. The first-order valence-corrected chi connectivity index (χ1v) is 13.1. The lowest BCUT2D eigenvalue weighted by Crippen LogP contribution is -3.15. The number of benzene rings is 3. The van der Waals surface area contributed by atoms with Crippen LogP contribution in [0.2, 0.25) is 0 Å². The zero-order valence-corrected chi connectivity index (χ0v) is 20.5. The molecule has 0 atom stereocenters. The van der Waals surface area contributed by atoms with Crippen LogP contribution in [-0.4, -0.2) is 73.6 Å². The Morgan fingerprint density at radius 1 is 0.972 bits per heavy atom. The van der Waals surface area contributed by atoms with Crippen molar-refractivity contribution >= 4 is 38.3 Å². The van der Waals surface area contributed by atoms with Gasteiger partial charge in [-0.3, -0.25) is 24.6 Å². The van der Waals surface area contributed by atoms with Gasteiger partial charge in [-0.1, -0.05) is 30.3 Å². The number of nitro groups is 1. The quantitative estimate of drug-likeness (QED) is 0.303. The monoisotopic (exact) mass is 509 g/mol. The second kappa shape index (κ2) is 9.08. The molecule has 0 bridgehead atoms. The Hall–Kier alpha value is -3.67. The highest BCUT2D eigenvalue weighted by atomic mass is 32.2. The predicted octanol–water partition coefficient (Wildman–Crippen LogP) is 1.24. The van der Waals surface area contributed by atoms with Crippen LogP contribution in [0.3, 0.4) is 0 Å². The van der Waals surface area contributed by atoms with Crippen molar-refractivity contribution in [2.75, 3.05) is 39.3 Å². The molecule has 2 aliphatic heterocycles. The highest BCUT2D eigenvalue weighted by Crippen LogP contribution is 2.29. The molecule has 0 unspecified atom stereocenters. The highest BCUT2D eigenvalue weighted by molar-refractivity contribution is 7.89. The van der Waals surface area contributed by atoms with Gasteiger partial charge in [0.1, 0.15) is 0 Å². The standard InChI is InChI=1S/C25H24N4O6S/c1-17-8-9-19(16-22(17)29(32)33)36(34,35)27-13-10-26(11-14-27)12-15-28-24(30)20-6-2-4-18-5-3-7-21(23(18)20)25(28)31/h2-9,16H,10-15H2,1H3/p+1. The van der Waals surface area contributed by atoms with Gasteiger partial charge in [0.15, 0.2) is 0 Å². The number of piperazine rings is 1. The SMILES string of the molecule is Cc1ccc(S(=O)(=O)N2CC[NH+](CCN3C(=O)c4cccc5cccc(c45)C3=O)CC2)cc1[N+](=O)[O-]. The lowest BCUT2D eigenvalue weighted by atomic mass is 9.94. The fraction of sp³-hybridized carbons (Fsp3) is 0.280. The van der Waals surface area contributed by atoms with E-state index in [0.29, 0.717) is 41.7 Å². The first-order valence-electron chi connectivity index (χ1n) is 11.6. The van der Waals surface area contributed by atoms with E-state index >= 15 is 0 Å². The molecular weight excluding hydrogens is 484 g/mol. The van der Waals surface area contributed by atoms with Crippen LogP contribution in [0, 0.1) is 17.0 Å². The minimum Gasteiger partial charge on any atom is -0.331 e. The molecule has 2 heterocycles. The molecule has 1 fully saturated rings. The molecule has 2 aliphatic rings. The number of imide groups is 1. The first-order chi connectivity index (χ1) is 17.2. The molecule has 3 aromatic rings. The zero-order chi connectivity index (χ0) is 25.6. The molecule has 0 radical (unpaired) electrons. The second-order valence-electron chi connectivity index (χ2n) is 9.08. The Morgan fingerprint density at radius 3 is 2.17 bits per heavy atom. The van der Waals surface area contributed by atoms with E-state index in [2.05, 4.69) is 0 Å². The van der Waals surface area contributed by atoms with Crippen LogP contribution >= 0.6 is 0 Å². The Bertz CT molecular complexity index is 1460. The van der Waals surface area contributed by atoms with Gasteiger partial charge in [0.05, 0.1) is 49.1 Å². The molecule has 2 amide bonds. The fourth-order valence-electron chi connectivity index (χ4n) is 4.94. The van der Waals surface area contributed by atoms with E-state index in [-0.39, 0.29) is 42.0 Å². The van der Waals surface area contributed by atoms with Gasteiger partial charge in [-0.25, -0.2) is 8.42 Å². The normalized spacial score (nSPS) is 17.1. The number of carbonyl (C=O) groups excluding carboxylic acids is 2. The Kier molecular flexibility index (Phi) is 6.07. The Morgan fingerprint density at radius 2 is 1.58 bits per heavy atom. The van der Waals surface area contributed by atoms with Crippen LogP contribution < -0.4 is 4.90 Å². The van der Waals surface area contributed by atoms with Crippen molar-refractivity contribution in [1.29, 1.82) is 0 Å². The molecule has 0 aromatic heterocycles. The summed E-state index contributed by atoms with van der Waals surface area (Å²) in [6.07, 6.45) is 0. The van der Waals surface area contributed by atoms with Crippen LogP contribution in [-0.2, 0) is 10.0 Å². The number of hydrogen-bond acceptors (Lipinski definition) is 6. The van der Waals surface area contributed by atoms with Gasteiger partial charge in [-0.05, 0) is 30.5 Å². The second-order valence-corrected chi connectivity index (χ2v) is 11.0. The van der Waals surface area contributed by atoms with Crippen molar-refractivity contribution in [1.82, 2.24) is 9.21 Å². The van der Waals surface area contributed by atoms with Gasteiger partial charge in [-0.15, -0.1) is 0 Å². The third-order valence-electron chi connectivity index (χ3n) is 6.99. The van der Waals surface area contributed by atoms with E-state index in [9.17, 15) is 28.1 Å². The summed E-state index contributed by atoms with van der Waals surface area (Å²) in [7, 11) is -3.87. The summed E-state index contributed by atoms with van der Waals surface area (Å²) < 4.78 is 27.5. The zero-order valence-electron chi connectivity index (χ0n) is 19.6. The summed E-state index contributed by atoms with van der Waals surface area (Å²) in [6.45, 7) is 3.76. The number of nitrogens with one attached hydrogen (secondary N) is 1. The van der Waals surface area contributed by atoms with E-state index in [1.165, 1.54) is 21.3 Å². The van der Waals surface area contributed by atoms with Crippen LogP contribution in [0.1, 0.15) is 26.3 Å². The maximum Gasteiger partial charge on any atom is 0.273 e. The number of hydrogen-bond donors (Lipinski definition) is 1. The van der Waals surface area contributed by atoms with Crippen molar-refractivity contribution in [3.05, 3.63) is 81.4 Å². The maximum atomic E-state index is 13.1. The fourth-order valence-corrected chi connectivity index (χ4v) is 6.40. The predicted molar refractivity (Wildman–Crippen MR) is 131 cm³/mol. The van der Waals surface area contributed by atoms with E-state index in [0.717, 1.165) is 16.4 Å². The Labute approximate surface area is 207 Å². The minimum atomic E-state index is -3.87. The van der Waals surface area contributed by atoms with E-state index in [1.54, 1.807) is 31.2 Å². The molecular formula is C25H25N4O6S+. The number of quaternary nitrogens is 1. The molecule has 5 rings (SSSR count). The third kappa shape index (κ3) is 4.04. The van der Waals surface area contributed by atoms with Crippen molar-refractivity contribution in [2.45, 2.75) is 11.8 Å². The summed E-state index contributed by atoms with van der Waals surface area (Å²) in [5.74, 6) is -0.628. The van der Waals surface area contributed by atoms with Gasteiger partial charge < -0.3 is 4.90 Å². The van der Waals surface area contributed by atoms with E-state index in [4.69, 9.17) is 0 Å². The third-order valence-corrected chi connectivity index (χ3v) is 8.88. The smallest absolute Gasteiger partial charge is 0.273 e. The van der Waals surface area contributed by atoms with Crippen LogP contribution in [0.4, 0.5) is 5.69 Å². The maximum absolute atomic E-state index is 13.1. The van der Waals surface area contributed by atoms with Gasteiger partial charge in [0.2, 0.25) is 10.0 Å². The number of nitrogens with zero attached hydrogens (tertiary/aromatic N) is 3. The molecule has 11 heteroatoms. The number of amides is 2. The molecule has 0 saturated carbocycles. The lowest BCUT2D eigenvalue weighted by molar-refractivity contribution is -0.902. The molecule has 10 nitrogen and oxygen atoms in total. The van der Waals surface area contributed by atoms with Crippen molar-refractivity contribution in [2.24, 2.45) is 0 Å². The van der Waals surface area contributed by atoms with Crippen LogP contribution in [0.15, 0.2) is 59.5 Å². The van der Waals surface area contributed by atoms with Gasteiger partial charge in [0, 0.05) is 28.1 Å². The topological polar surface area (TPSA) is 122 Å². The molecule has 3 aromatic carbocycles. The summed E-state index contributed by atoms with van der Waals surface area (Å²) >= 11 is 0. The average molecular weight is 510 g/mol. The van der Waals surface area contributed by atoms with Gasteiger partial charge in [0.25, 0.3) is 17.5 Å². The van der Waals surface area contributed by atoms with Gasteiger partial charge in [-0.2, -0.15) is 4.31 Å². The van der Waals surface area contributed by atoms with Crippen molar-refractivity contribution in [3.63, 3.8) is 0 Å². The first kappa shape index (κ1) is 24.0. The summed E-state index contributed by atoms with van der Waals surface area (Å²) in [5, 5.41) is 12.8. The highest BCUT2D eigenvalue weighted by Gasteiger charge is 2.35. The molecule has 36 heavy (non-hydrogen) atoms. The lowest BCUT2D eigenvalue weighted by Gasteiger charge is -2.33.